The van der Waals surface area contributed by atoms with Crippen LogP contribution < -0.4 is 15.5 Å². The summed E-state index contributed by atoms with van der Waals surface area (Å²) in [7, 11) is 0. The number of Topliss-reactive ketones (excluding diaryl/α,β-unsaturated/α-hetero) is 1. The molecule has 3 N–H and O–H groups in total. The molecule has 1 saturated carbocycles. The molecule has 1 saturated heterocycles. The number of carbonyl (C=O) groups is 2. The summed E-state index contributed by atoms with van der Waals surface area (Å²) in [6.07, 6.45) is 7.71. The molecule has 11 nitrogen and oxygen atoms in total. The second-order valence-electron chi connectivity index (χ2n) is 10.1. The zero-order chi connectivity index (χ0) is 25.6. The molecule has 37 heavy (non-hydrogen) atoms. The van der Waals surface area contributed by atoms with Crippen LogP contribution >= 0.6 is 0 Å². The summed E-state index contributed by atoms with van der Waals surface area (Å²) in [4.78, 5) is 36.0. The standard InChI is InChI=1S/C26H29N9O2/c1-16(36)28-22-9-6-17(15-27-22)13-21(37)26(2)10-4-11-34(26)25-30-24(20-5-3-12-35(20)33-25)29-23-14-19(31-32-23)18-7-8-18/h3,5-6,9,12,14-15,18H,4,7-8,10-11,13H2,1-2H3,(H,27,28,36)(H2,29,30,31,32,33)/t26-/m0/s1. The van der Waals surface area contributed by atoms with E-state index in [0.717, 1.165) is 23.2 Å². The highest BCUT2D eigenvalue weighted by molar-refractivity contribution is 5.93. The van der Waals surface area contributed by atoms with E-state index >= 15 is 0 Å². The number of H-pyrrole nitrogens is 1. The highest BCUT2D eigenvalue weighted by atomic mass is 16.1. The van der Waals surface area contributed by atoms with E-state index in [2.05, 4.69) is 25.8 Å². The fourth-order valence-electron chi connectivity index (χ4n) is 4.99. The average Bonchev–Trinajstić information content (AvgIpc) is 3.24. The zero-order valence-corrected chi connectivity index (χ0v) is 20.9. The van der Waals surface area contributed by atoms with Crippen molar-refractivity contribution in [1.82, 2.24) is 29.8 Å². The van der Waals surface area contributed by atoms with Crippen molar-refractivity contribution < 1.29 is 9.59 Å². The molecule has 1 amide bonds. The van der Waals surface area contributed by atoms with Crippen LogP contribution in [0.15, 0.2) is 42.7 Å². The zero-order valence-electron chi connectivity index (χ0n) is 20.9. The molecule has 0 spiro atoms. The van der Waals surface area contributed by atoms with Crippen LogP contribution in [0.2, 0.25) is 0 Å². The third kappa shape index (κ3) is 4.52. The molecule has 2 aliphatic rings. The predicted molar refractivity (Wildman–Crippen MR) is 139 cm³/mol. The Hall–Kier alpha value is -4.28. The van der Waals surface area contributed by atoms with E-state index in [1.54, 1.807) is 16.8 Å². The van der Waals surface area contributed by atoms with E-state index in [9.17, 15) is 9.59 Å². The number of carbonyl (C=O) groups excluding carboxylic acids is 2. The van der Waals surface area contributed by atoms with Gasteiger partial charge in [0, 0.05) is 50.0 Å². The number of hydrogen-bond donors (Lipinski definition) is 3. The van der Waals surface area contributed by atoms with Gasteiger partial charge in [-0.1, -0.05) is 6.07 Å². The van der Waals surface area contributed by atoms with Crippen molar-refractivity contribution in [2.75, 3.05) is 22.1 Å². The maximum absolute atomic E-state index is 13.6. The molecule has 190 valence electrons. The van der Waals surface area contributed by atoms with Gasteiger partial charge in [0.15, 0.2) is 17.4 Å². The molecule has 6 rings (SSSR count). The third-order valence-electron chi connectivity index (χ3n) is 7.22. The Morgan fingerprint density at radius 1 is 1.22 bits per heavy atom. The van der Waals surface area contributed by atoms with Crippen molar-refractivity contribution in [3.8, 4) is 0 Å². The number of aromatic amines is 1. The van der Waals surface area contributed by atoms with E-state index in [1.807, 2.05) is 42.3 Å². The van der Waals surface area contributed by atoms with E-state index < -0.39 is 5.54 Å². The van der Waals surface area contributed by atoms with Crippen LogP contribution in [0.3, 0.4) is 0 Å². The van der Waals surface area contributed by atoms with Crippen molar-refractivity contribution in [2.24, 2.45) is 0 Å². The summed E-state index contributed by atoms with van der Waals surface area (Å²) in [5.41, 5.74) is 2.01. The number of hydrogen-bond acceptors (Lipinski definition) is 8. The summed E-state index contributed by atoms with van der Waals surface area (Å²) in [6.45, 7) is 4.08. The molecule has 0 aromatic carbocycles. The minimum Gasteiger partial charge on any atom is -0.327 e. The van der Waals surface area contributed by atoms with Gasteiger partial charge in [0.25, 0.3) is 0 Å². The lowest BCUT2D eigenvalue weighted by atomic mass is 9.89. The smallest absolute Gasteiger partial charge is 0.246 e. The second kappa shape index (κ2) is 8.99. The largest absolute Gasteiger partial charge is 0.327 e. The Balaban J connectivity index is 1.25. The number of nitrogens with one attached hydrogen (secondary N) is 3. The number of anilines is 4. The fraction of sp³-hybridized carbons (Fsp3) is 0.385. The predicted octanol–water partition coefficient (Wildman–Crippen LogP) is 3.60. The molecule has 5 heterocycles. The summed E-state index contributed by atoms with van der Waals surface area (Å²) < 4.78 is 1.78. The van der Waals surface area contributed by atoms with Gasteiger partial charge in [0.05, 0.1) is 5.54 Å². The van der Waals surface area contributed by atoms with Crippen molar-refractivity contribution in [2.45, 2.75) is 57.4 Å². The van der Waals surface area contributed by atoms with E-state index in [0.29, 0.717) is 42.3 Å². The lowest BCUT2D eigenvalue weighted by Crippen LogP contribution is -2.49. The van der Waals surface area contributed by atoms with Crippen LogP contribution in [0.25, 0.3) is 5.52 Å². The molecule has 0 unspecified atom stereocenters. The number of ketones is 1. The van der Waals surface area contributed by atoms with Crippen LogP contribution in [0, 0.1) is 0 Å². The minimum atomic E-state index is -0.750. The molecule has 0 bridgehead atoms. The summed E-state index contributed by atoms with van der Waals surface area (Å²) in [6, 6.07) is 9.44. The third-order valence-corrected chi connectivity index (χ3v) is 7.22. The van der Waals surface area contributed by atoms with Crippen LogP contribution in [-0.2, 0) is 16.0 Å². The number of pyridine rings is 1. The highest BCUT2D eigenvalue weighted by Gasteiger charge is 2.44. The maximum atomic E-state index is 13.6. The molecule has 4 aromatic rings. The first kappa shape index (κ1) is 23.1. The van der Waals surface area contributed by atoms with E-state index in [-0.39, 0.29) is 18.1 Å². The Labute approximate surface area is 213 Å². The molecule has 11 heteroatoms. The molecule has 1 aliphatic heterocycles. The first-order chi connectivity index (χ1) is 17.9. The Bertz CT molecular complexity index is 1470. The Morgan fingerprint density at radius 3 is 2.84 bits per heavy atom. The molecule has 0 radical (unpaired) electrons. The number of aromatic nitrogens is 6. The van der Waals surface area contributed by atoms with E-state index in [4.69, 9.17) is 10.1 Å². The van der Waals surface area contributed by atoms with Gasteiger partial charge >= 0.3 is 0 Å². The first-order valence-electron chi connectivity index (χ1n) is 12.6. The molecular weight excluding hydrogens is 470 g/mol. The van der Waals surface area contributed by atoms with Crippen molar-refractivity contribution in [3.63, 3.8) is 0 Å². The Kier molecular flexibility index (Phi) is 5.62. The second-order valence-corrected chi connectivity index (χ2v) is 10.1. The fourth-order valence-corrected chi connectivity index (χ4v) is 4.99. The van der Waals surface area contributed by atoms with Crippen molar-refractivity contribution >= 4 is 40.6 Å². The Morgan fingerprint density at radius 2 is 2.08 bits per heavy atom. The minimum absolute atomic E-state index is 0.0752. The van der Waals surface area contributed by atoms with Gasteiger partial charge in [0.2, 0.25) is 11.9 Å². The van der Waals surface area contributed by atoms with Gasteiger partial charge in [-0.05, 0) is 56.4 Å². The molecule has 4 aromatic heterocycles. The first-order valence-corrected chi connectivity index (χ1v) is 12.6. The molecule has 1 atom stereocenters. The number of rotatable bonds is 8. The average molecular weight is 500 g/mol. The van der Waals surface area contributed by atoms with Crippen molar-refractivity contribution in [3.05, 3.63) is 54.0 Å². The number of fused-ring (bicyclic) bond motifs is 1. The topological polar surface area (TPSA) is 133 Å². The summed E-state index contributed by atoms with van der Waals surface area (Å²) in [5.74, 6) is 2.78. The van der Waals surface area contributed by atoms with Gasteiger partial charge in [0.1, 0.15) is 11.3 Å². The van der Waals surface area contributed by atoms with E-state index in [1.165, 1.54) is 19.8 Å². The van der Waals surface area contributed by atoms with Gasteiger partial charge in [-0.2, -0.15) is 10.1 Å². The van der Waals surface area contributed by atoms with Crippen LogP contribution in [0.5, 0.6) is 0 Å². The SMILES string of the molecule is CC(=O)Nc1ccc(CC(=O)[C@]2(C)CCCN2c2nc(Nc3cc(C4CC4)[nH]n3)c3cccn3n2)cn1. The van der Waals surface area contributed by atoms with Crippen molar-refractivity contribution in [1.29, 1.82) is 0 Å². The lowest BCUT2D eigenvalue weighted by molar-refractivity contribution is -0.122. The molecule has 1 aliphatic carbocycles. The molecular formula is C26H29N9O2. The molecule has 2 fully saturated rings. The quantitative estimate of drug-likeness (QED) is 0.335. The van der Waals surface area contributed by atoms with Gasteiger partial charge in [-0.3, -0.25) is 14.7 Å². The lowest BCUT2D eigenvalue weighted by Gasteiger charge is -2.34. The van der Waals surface area contributed by atoms with Crippen LogP contribution in [0.1, 0.15) is 56.7 Å². The maximum Gasteiger partial charge on any atom is 0.246 e. The van der Waals surface area contributed by atoms with Crippen LogP contribution in [0.4, 0.5) is 23.4 Å². The summed E-state index contributed by atoms with van der Waals surface area (Å²) >= 11 is 0. The monoisotopic (exact) mass is 499 g/mol. The number of nitrogens with zero attached hydrogens (tertiary/aromatic N) is 6. The van der Waals surface area contributed by atoms with Gasteiger partial charge in [-0.15, -0.1) is 5.10 Å². The normalized spacial score (nSPS) is 19.4. The van der Waals surface area contributed by atoms with Gasteiger partial charge in [-0.25, -0.2) is 9.50 Å². The van der Waals surface area contributed by atoms with Gasteiger partial charge < -0.3 is 15.5 Å². The van der Waals surface area contributed by atoms with Crippen LogP contribution in [-0.4, -0.2) is 53.6 Å². The highest BCUT2D eigenvalue weighted by Crippen LogP contribution is 2.40. The summed E-state index contributed by atoms with van der Waals surface area (Å²) in [5, 5.41) is 18.3. The number of amides is 1.